The maximum atomic E-state index is 4.11. The Hall–Kier alpha value is -1.06. The third-order valence-electron chi connectivity index (χ3n) is 5.48. The summed E-state index contributed by atoms with van der Waals surface area (Å²) in [6.07, 6.45) is 5.97. The van der Waals surface area contributed by atoms with Crippen LogP contribution >= 0.6 is 0 Å². The Morgan fingerprint density at radius 2 is 2.22 bits per heavy atom. The van der Waals surface area contributed by atoms with Crippen molar-refractivity contribution in [3.8, 4) is 0 Å². The van der Waals surface area contributed by atoms with Crippen LogP contribution in [0, 0.1) is 16.7 Å². The van der Waals surface area contributed by atoms with Crippen molar-refractivity contribution in [3.63, 3.8) is 0 Å². The molecule has 0 saturated heterocycles. The van der Waals surface area contributed by atoms with Crippen molar-refractivity contribution in [2.45, 2.75) is 59.5 Å². The fraction of sp³-hybridized carbons (Fsp3) is 0.857. The van der Waals surface area contributed by atoms with Crippen LogP contribution in [0.3, 0.4) is 0 Å². The molecule has 0 spiro atoms. The minimum absolute atomic E-state index is 0.371. The molecule has 2 aliphatic rings. The highest BCUT2D eigenvalue weighted by atomic mass is 15.5. The largest absolute Gasteiger partial charge is 0.365 e. The molecule has 4 heteroatoms. The topological polar surface area (TPSA) is 42.7 Å². The molecule has 3 atom stereocenters. The van der Waals surface area contributed by atoms with Gasteiger partial charge in [-0.05, 0) is 42.9 Å². The van der Waals surface area contributed by atoms with Crippen molar-refractivity contribution < 1.29 is 0 Å². The molecular weight excluding hydrogens is 224 g/mol. The van der Waals surface area contributed by atoms with Gasteiger partial charge in [-0.2, -0.15) is 0 Å². The summed E-state index contributed by atoms with van der Waals surface area (Å²) in [5.41, 5.74) is 0.812. The third kappa shape index (κ3) is 1.50. The Labute approximate surface area is 109 Å². The van der Waals surface area contributed by atoms with E-state index in [1.54, 1.807) is 0 Å². The standard InChI is InChI=1S/C14H24N4/c1-5-18-11(9-15-17-18)16-12-13(2,3)10-6-7-14(12,4)8-10/h9-10,12,16H,5-8H2,1-4H3. The number of aryl methyl sites for hydroxylation is 1. The summed E-state index contributed by atoms with van der Waals surface area (Å²) in [5, 5.41) is 11.9. The van der Waals surface area contributed by atoms with E-state index in [1.165, 1.54) is 19.3 Å². The van der Waals surface area contributed by atoms with Crippen molar-refractivity contribution in [3.05, 3.63) is 6.20 Å². The molecule has 100 valence electrons. The fourth-order valence-electron chi connectivity index (χ4n) is 4.41. The van der Waals surface area contributed by atoms with Gasteiger partial charge in [0.05, 0.1) is 6.20 Å². The van der Waals surface area contributed by atoms with Gasteiger partial charge in [0, 0.05) is 12.6 Å². The molecule has 0 amide bonds. The number of hydrogen-bond donors (Lipinski definition) is 1. The molecule has 0 aromatic carbocycles. The minimum Gasteiger partial charge on any atom is -0.365 e. The van der Waals surface area contributed by atoms with E-state index >= 15 is 0 Å². The second kappa shape index (κ2) is 3.72. The van der Waals surface area contributed by atoms with Crippen LogP contribution < -0.4 is 5.32 Å². The van der Waals surface area contributed by atoms with E-state index in [2.05, 4.69) is 43.3 Å². The maximum Gasteiger partial charge on any atom is 0.145 e. The molecule has 4 nitrogen and oxygen atoms in total. The van der Waals surface area contributed by atoms with Crippen molar-refractivity contribution in [2.24, 2.45) is 16.7 Å². The molecule has 2 bridgehead atoms. The smallest absolute Gasteiger partial charge is 0.145 e. The van der Waals surface area contributed by atoms with Gasteiger partial charge in [0.15, 0.2) is 0 Å². The lowest BCUT2D eigenvalue weighted by atomic mass is 9.68. The second-order valence-corrected chi connectivity index (χ2v) is 6.93. The van der Waals surface area contributed by atoms with E-state index in [0.29, 0.717) is 16.9 Å². The number of anilines is 1. The Morgan fingerprint density at radius 1 is 1.44 bits per heavy atom. The van der Waals surface area contributed by atoms with Crippen LogP contribution in [0.15, 0.2) is 6.20 Å². The number of rotatable bonds is 3. The van der Waals surface area contributed by atoms with Gasteiger partial charge in [-0.1, -0.05) is 26.0 Å². The van der Waals surface area contributed by atoms with Crippen LogP contribution in [0.4, 0.5) is 5.82 Å². The molecule has 3 unspecified atom stereocenters. The van der Waals surface area contributed by atoms with Crippen molar-refractivity contribution >= 4 is 5.82 Å². The highest BCUT2D eigenvalue weighted by molar-refractivity contribution is 5.36. The highest BCUT2D eigenvalue weighted by Crippen LogP contribution is 2.63. The Bertz CT molecular complexity index is 446. The normalized spacial score (nSPS) is 37.1. The van der Waals surface area contributed by atoms with Gasteiger partial charge in [0.2, 0.25) is 0 Å². The van der Waals surface area contributed by atoms with E-state index < -0.39 is 0 Å². The van der Waals surface area contributed by atoms with Crippen molar-refractivity contribution in [1.29, 1.82) is 0 Å². The Morgan fingerprint density at radius 3 is 2.83 bits per heavy atom. The molecule has 18 heavy (non-hydrogen) atoms. The van der Waals surface area contributed by atoms with Crippen LogP contribution in [0.1, 0.15) is 47.0 Å². The van der Waals surface area contributed by atoms with E-state index in [4.69, 9.17) is 0 Å². The summed E-state index contributed by atoms with van der Waals surface area (Å²) < 4.78 is 1.95. The first-order valence-electron chi connectivity index (χ1n) is 7.12. The fourth-order valence-corrected chi connectivity index (χ4v) is 4.41. The lowest BCUT2D eigenvalue weighted by Crippen LogP contribution is -2.46. The molecule has 2 aliphatic carbocycles. The molecule has 1 aromatic heterocycles. The summed E-state index contributed by atoms with van der Waals surface area (Å²) in [4.78, 5) is 0. The molecule has 1 heterocycles. The molecule has 2 fully saturated rings. The van der Waals surface area contributed by atoms with Crippen LogP contribution in [0.5, 0.6) is 0 Å². The number of aromatic nitrogens is 3. The van der Waals surface area contributed by atoms with Gasteiger partial charge in [0.1, 0.15) is 5.82 Å². The highest BCUT2D eigenvalue weighted by Gasteiger charge is 2.59. The van der Waals surface area contributed by atoms with Gasteiger partial charge in [-0.15, -0.1) is 5.10 Å². The zero-order valence-electron chi connectivity index (χ0n) is 11.9. The van der Waals surface area contributed by atoms with Gasteiger partial charge in [-0.3, -0.25) is 0 Å². The lowest BCUT2D eigenvalue weighted by Gasteiger charge is -2.43. The number of fused-ring (bicyclic) bond motifs is 2. The molecule has 0 aliphatic heterocycles. The quantitative estimate of drug-likeness (QED) is 0.894. The van der Waals surface area contributed by atoms with E-state index in [1.807, 2.05) is 10.9 Å². The summed E-state index contributed by atoms with van der Waals surface area (Å²) in [6, 6.07) is 0.535. The molecule has 2 saturated carbocycles. The number of hydrogen-bond acceptors (Lipinski definition) is 3. The first kappa shape index (κ1) is 12.0. The van der Waals surface area contributed by atoms with E-state index in [-0.39, 0.29) is 0 Å². The number of nitrogens with one attached hydrogen (secondary N) is 1. The van der Waals surface area contributed by atoms with Crippen LogP contribution in [0.2, 0.25) is 0 Å². The summed E-state index contributed by atoms with van der Waals surface area (Å²) in [7, 11) is 0. The van der Waals surface area contributed by atoms with E-state index in [0.717, 1.165) is 18.3 Å². The maximum absolute atomic E-state index is 4.11. The van der Waals surface area contributed by atoms with Crippen LogP contribution in [-0.4, -0.2) is 21.0 Å². The first-order valence-corrected chi connectivity index (χ1v) is 7.12. The zero-order chi connectivity index (χ0) is 13.0. The summed E-state index contributed by atoms with van der Waals surface area (Å²) in [5.74, 6) is 1.94. The Kier molecular flexibility index (Phi) is 2.48. The molecule has 1 aromatic rings. The van der Waals surface area contributed by atoms with Crippen molar-refractivity contribution in [1.82, 2.24) is 15.0 Å². The predicted molar refractivity (Wildman–Crippen MR) is 72.3 cm³/mol. The Balaban J connectivity index is 1.88. The van der Waals surface area contributed by atoms with Gasteiger partial charge >= 0.3 is 0 Å². The van der Waals surface area contributed by atoms with Gasteiger partial charge < -0.3 is 5.32 Å². The van der Waals surface area contributed by atoms with Crippen molar-refractivity contribution in [2.75, 3.05) is 5.32 Å². The SMILES string of the molecule is CCn1nncc1NC1C2(C)CCC(C2)C1(C)C. The van der Waals surface area contributed by atoms with Crippen LogP contribution in [0.25, 0.3) is 0 Å². The average Bonchev–Trinajstić information content (AvgIpc) is 2.95. The van der Waals surface area contributed by atoms with Crippen LogP contribution in [-0.2, 0) is 6.54 Å². The lowest BCUT2D eigenvalue weighted by molar-refractivity contribution is 0.155. The second-order valence-electron chi connectivity index (χ2n) is 6.93. The molecule has 3 rings (SSSR count). The zero-order valence-corrected chi connectivity index (χ0v) is 11.9. The number of nitrogens with zero attached hydrogens (tertiary/aromatic N) is 3. The average molecular weight is 248 g/mol. The summed E-state index contributed by atoms with van der Waals surface area (Å²) >= 11 is 0. The molecule has 1 N–H and O–H groups in total. The third-order valence-corrected chi connectivity index (χ3v) is 5.48. The molecular formula is C14H24N4. The molecule has 0 radical (unpaired) electrons. The van der Waals surface area contributed by atoms with Gasteiger partial charge in [0.25, 0.3) is 0 Å². The van der Waals surface area contributed by atoms with Gasteiger partial charge in [-0.25, -0.2) is 4.68 Å². The van der Waals surface area contributed by atoms with E-state index in [9.17, 15) is 0 Å². The first-order chi connectivity index (χ1) is 8.47. The summed E-state index contributed by atoms with van der Waals surface area (Å²) in [6.45, 7) is 10.3. The monoisotopic (exact) mass is 248 g/mol. The minimum atomic E-state index is 0.371. The predicted octanol–water partition coefficient (Wildman–Crippen LogP) is 2.92.